The fraction of sp³-hybridized carbons (Fsp3) is 0.526. The Bertz CT molecular complexity index is 523. The molecule has 2 rings (SSSR count). The molecule has 0 bridgehead atoms. The number of aliphatic hydroxyl groups is 1. The molecule has 1 fully saturated rings. The van der Waals surface area contributed by atoms with Crippen molar-refractivity contribution < 1.29 is 19.7 Å². The number of aliphatic hydroxyl groups excluding tert-OH is 1. The minimum absolute atomic E-state index is 0.00342. The van der Waals surface area contributed by atoms with Crippen molar-refractivity contribution in [2.75, 3.05) is 7.11 Å². The molecule has 0 saturated heterocycles. The van der Waals surface area contributed by atoms with Gasteiger partial charge in [-0.15, -0.1) is 0 Å². The molecule has 0 amide bonds. The molecule has 3 atom stereocenters. The molecule has 2 N–H and O–H groups in total. The average molecular weight is 318 g/mol. The SMILES string of the molecule is COC(=CCCCc1ccccc1)[C@H]1CC[C@H](O)[C@@H]1CC(=O)O. The predicted octanol–water partition coefficient (Wildman–Crippen LogP) is 3.40. The van der Waals surface area contributed by atoms with Gasteiger partial charge in [0.1, 0.15) is 0 Å². The summed E-state index contributed by atoms with van der Waals surface area (Å²) in [6.07, 6.45) is 5.89. The molecular formula is C19H26O4. The van der Waals surface area contributed by atoms with Gasteiger partial charge in [-0.05, 0) is 43.7 Å². The van der Waals surface area contributed by atoms with Gasteiger partial charge in [0.15, 0.2) is 0 Å². The van der Waals surface area contributed by atoms with Crippen molar-refractivity contribution in [1.29, 1.82) is 0 Å². The van der Waals surface area contributed by atoms with E-state index in [9.17, 15) is 9.90 Å². The Morgan fingerprint density at radius 2 is 2.04 bits per heavy atom. The van der Waals surface area contributed by atoms with Crippen LogP contribution in [0, 0.1) is 11.8 Å². The van der Waals surface area contributed by atoms with Gasteiger partial charge in [-0.1, -0.05) is 30.3 Å². The second kappa shape index (κ2) is 8.73. The minimum atomic E-state index is -0.861. The van der Waals surface area contributed by atoms with Gasteiger partial charge in [-0.3, -0.25) is 4.79 Å². The van der Waals surface area contributed by atoms with E-state index in [0.717, 1.165) is 31.4 Å². The number of carbonyl (C=O) groups is 1. The minimum Gasteiger partial charge on any atom is -0.501 e. The van der Waals surface area contributed by atoms with Crippen molar-refractivity contribution in [3.05, 3.63) is 47.7 Å². The Morgan fingerprint density at radius 1 is 1.30 bits per heavy atom. The van der Waals surface area contributed by atoms with Crippen molar-refractivity contribution in [3.63, 3.8) is 0 Å². The van der Waals surface area contributed by atoms with Crippen LogP contribution in [0.1, 0.15) is 37.7 Å². The fourth-order valence-electron chi connectivity index (χ4n) is 3.46. The molecule has 0 aliphatic heterocycles. The van der Waals surface area contributed by atoms with Crippen molar-refractivity contribution in [2.45, 2.75) is 44.6 Å². The number of carboxylic acid groups (broad SMARTS) is 1. The molecular weight excluding hydrogens is 292 g/mol. The van der Waals surface area contributed by atoms with Crippen LogP contribution in [0.15, 0.2) is 42.2 Å². The van der Waals surface area contributed by atoms with Crippen LogP contribution in [-0.4, -0.2) is 29.4 Å². The van der Waals surface area contributed by atoms with Gasteiger partial charge in [-0.25, -0.2) is 0 Å². The zero-order chi connectivity index (χ0) is 16.7. The van der Waals surface area contributed by atoms with E-state index in [2.05, 4.69) is 18.2 Å². The number of aryl methyl sites for hydroxylation is 1. The Hall–Kier alpha value is -1.81. The summed E-state index contributed by atoms with van der Waals surface area (Å²) in [6, 6.07) is 10.3. The number of unbranched alkanes of at least 4 members (excludes halogenated alkanes) is 1. The molecule has 4 heteroatoms. The Kier molecular flexibility index (Phi) is 6.66. The van der Waals surface area contributed by atoms with Crippen molar-refractivity contribution in [3.8, 4) is 0 Å². The van der Waals surface area contributed by atoms with Gasteiger partial charge >= 0.3 is 5.97 Å². The maximum Gasteiger partial charge on any atom is 0.303 e. The maximum absolute atomic E-state index is 11.0. The third-order valence-electron chi connectivity index (χ3n) is 4.65. The topological polar surface area (TPSA) is 66.8 Å². The first kappa shape index (κ1) is 17.5. The van der Waals surface area contributed by atoms with Gasteiger partial charge in [0.05, 0.1) is 25.4 Å². The highest BCUT2D eigenvalue weighted by molar-refractivity contribution is 5.67. The maximum atomic E-state index is 11.0. The van der Waals surface area contributed by atoms with E-state index in [4.69, 9.17) is 9.84 Å². The molecule has 4 nitrogen and oxygen atoms in total. The molecule has 0 unspecified atom stereocenters. The van der Waals surface area contributed by atoms with Crippen LogP contribution in [0.5, 0.6) is 0 Å². The predicted molar refractivity (Wildman–Crippen MR) is 88.9 cm³/mol. The molecule has 0 heterocycles. The number of allylic oxidation sites excluding steroid dienone is 2. The van der Waals surface area contributed by atoms with E-state index in [0.29, 0.717) is 6.42 Å². The standard InChI is InChI=1S/C19H26O4/c1-23-18(10-6-5-9-14-7-3-2-4-8-14)15-11-12-17(20)16(15)13-19(21)22/h2-4,7-8,10,15-17,20H,5-6,9,11-13H2,1H3,(H,21,22)/t15-,16+,17-/m0/s1. The summed E-state index contributed by atoms with van der Waals surface area (Å²) in [5.74, 6) is -0.253. The average Bonchev–Trinajstić information content (AvgIpc) is 2.89. The zero-order valence-electron chi connectivity index (χ0n) is 13.6. The van der Waals surface area contributed by atoms with Gasteiger partial charge in [0.25, 0.3) is 0 Å². The molecule has 23 heavy (non-hydrogen) atoms. The lowest BCUT2D eigenvalue weighted by Gasteiger charge is -2.22. The van der Waals surface area contributed by atoms with E-state index in [1.807, 2.05) is 18.2 Å². The Balaban J connectivity index is 1.91. The molecule has 1 saturated carbocycles. The molecule has 0 radical (unpaired) electrons. The lowest BCUT2D eigenvalue weighted by Crippen LogP contribution is -2.24. The van der Waals surface area contributed by atoms with Gasteiger partial charge in [0.2, 0.25) is 0 Å². The van der Waals surface area contributed by atoms with Crippen molar-refractivity contribution in [1.82, 2.24) is 0 Å². The molecule has 126 valence electrons. The lowest BCUT2D eigenvalue weighted by molar-refractivity contribution is -0.139. The summed E-state index contributed by atoms with van der Waals surface area (Å²) >= 11 is 0. The van der Waals surface area contributed by atoms with Crippen LogP contribution >= 0.6 is 0 Å². The number of hydrogen-bond donors (Lipinski definition) is 2. The fourth-order valence-corrected chi connectivity index (χ4v) is 3.46. The van der Waals surface area contributed by atoms with E-state index in [1.54, 1.807) is 7.11 Å². The van der Waals surface area contributed by atoms with Crippen LogP contribution < -0.4 is 0 Å². The smallest absolute Gasteiger partial charge is 0.303 e. The van der Waals surface area contributed by atoms with E-state index in [1.165, 1.54) is 5.56 Å². The van der Waals surface area contributed by atoms with Crippen molar-refractivity contribution in [2.24, 2.45) is 11.8 Å². The Morgan fingerprint density at radius 3 is 2.70 bits per heavy atom. The largest absolute Gasteiger partial charge is 0.501 e. The second-order valence-electron chi connectivity index (χ2n) is 6.20. The van der Waals surface area contributed by atoms with Crippen molar-refractivity contribution >= 4 is 5.97 Å². The molecule has 1 aliphatic carbocycles. The van der Waals surface area contributed by atoms with Crippen LogP contribution in [0.4, 0.5) is 0 Å². The number of aliphatic carboxylic acids is 1. The van der Waals surface area contributed by atoms with Gasteiger partial charge in [0, 0.05) is 11.8 Å². The third-order valence-corrected chi connectivity index (χ3v) is 4.65. The van der Waals surface area contributed by atoms with E-state index < -0.39 is 12.1 Å². The summed E-state index contributed by atoms with van der Waals surface area (Å²) in [5, 5.41) is 19.1. The molecule has 1 aromatic carbocycles. The number of ether oxygens (including phenoxy) is 1. The van der Waals surface area contributed by atoms with Crippen LogP contribution in [0.3, 0.4) is 0 Å². The first-order valence-corrected chi connectivity index (χ1v) is 8.29. The number of hydrogen-bond acceptors (Lipinski definition) is 3. The quantitative estimate of drug-likeness (QED) is 0.569. The second-order valence-corrected chi connectivity index (χ2v) is 6.20. The van der Waals surface area contributed by atoms with E-state index in [-0.39, 0.29) is 18.3 Å². The number of rotatable bonds is 8. The first-order valence-electron chi connectivity index (χ1n) is 8.29. The molecule has 0 aromatic heterocycles. The molecule has 0 spiro atoms. The summed E-state index contributed by atoms with van der Waals surface area (Å²) in [4.78, 5) is 11.0. The van der Waals surface area contributed by atoms with E-state index >= 15 is 0 Å². The van der Waals surface area contributed by atoms with Gasteiger partial charge in [-0.2, -0.15) is 0 Å². The van der Waals surface area contributed by atoms with Crippen LogP contribution in [-0.2, 0) is 16.0 Å². The molecule has 1 aromatic rings. The third kappa shape index (κ3) is 5.10. The first-order chi connectivity index (χ1) is 11.1. The van der Waals surface area contributed by atoms with Crippen LogP contribution in [0.2, 0.25) is 0 Å². The summed E-state index contributed by atoms with van der Waals surface area (Å²) < 4.78 is 5.50. The highest BCUT2D eigenvalue weighted by Gasteiger charge is 2.38. The highest BCUT2D eigenvalue weighted by atomic mass is 16.5. The number of carboxylic acids is 1. The molecule has 1 aliphatic rings. The summed E-state index contributed by atoms with van der Waals surface area (Å²) in [5.41, 5.74) is 1.32. The monoisotopic (exact) mass is 318 g/mol. The van der Waals surface area contributed by atoms with Crippen LogP contribution in [0.25, 0.3) is 0 Å². The number of methoxy groups -OCH3 is 1. The Labute approximate surface area is 137 Å². The summed E-state index contributed by atoms with van der Waals surface area (Å²) in [6.45, 7) is 0. The van der Waals surface area contributed by atoms with Gasteiger partial charge < -0.3 is 14.9 Å². The normalized spacial score (nSPS) is 24.6. The summed E-state index contributed by atoms with van der Waals surface area (Å²) in [7, 11) is 1.63. The highest BCUT2D eigenvalue weighted by Crippen LogP contribution is 2.39. The zero-order valence-corrected chi connectivity index (χ0v) is 13.6. The number of benzene rings is 1. The lowest BCUT2D eigenvalue weighted by atomic mass is 9.89.